The fourth-order valence-electron chi connectivity index (χ4n) is 4.25. The summed E-state index contributed by atoms with van der Waals surface area (Å²) in [6.45, 7) is 1.89. The van der Waals surface area contributed by atoms with Crippen molar-refractivity contribution in [3.63, 3.8) is 0 Å². The third-order valence-electron chi connectivity index (χ3n) is 6.10. The van der Waals surface area contributed by atoms with Crippen LogP contribution in [0, 0.1) is 0 Å². The van der Waals surface area contributed by atoms with Gasteiger partial charge in [-0.1, -0.05) is 30.3 Å². The van der Waals surface area contributed by atoms with Crippen LogP contribution in [0.2, 0.25) is 0 Å². The summed E-state index contributed by atoms with van der Waals surface area (Å²) in [4.78, 5) is 10.2. The average molecular weight is 479 g/mol. The van der Waals surface area contributed by atoms with Gasteiger partial charge in [0, 0.05) is 37.8 Å². The first-order valence-corrected chi connectivity index (χ1v) is 12.5. The zero-order valence-electron chi connectivity index (χ0n) is 19.1. The molecule has 1 fully saturated rings. The van der Waals surface area contributed by atoms with Gasteiger partial charge in [-0.05, 0) is 30.3 Å². The number of nitrogens with zero attached hydrogens (tertiary/aromatic N) is 3. The van der Waals surface area contributed by atoms with Crippen molar-refractivity contribution in [2.24, 2.45) is 0 Å². The predicted octanol–water partition coefficient (Wildman–Crippen LogP) is 3.76. The molecule has 9 heteroatoms. The lowest BCUT2D eigenvalue weighted by molar-refractivity contribution is 0.375. The number of sulfonamides is 1. The van der Waals surface area contributed by atoms with Crippen molar-refractivity contribution in [2.45, 2.75) is 4.90 Å². The van der Waals surface area contributed by atoms with E-state index in [1.807, 2.05) is 48.5 Å². The standard InChI is InChI=1S/C25H26N4O4S/c1-32-19-8-11-23(24(16-19)33-2)28-12-14-29(15-13-28)34(30,31)20-9-10-21-22(17-20)27-25(26-21)18-6-4-3-5-7-18/h3-11,16-17H,12-15H2,1-2H3,(H,26,27). The van der Waals surface area contributed by atoms with Gasteiger partial charge in [-0.3, -0.25) is 0 Å². The second-order valence-corrected chi connectivity index (χ2v) is 10.00. The number of imidazole rings is 1. The van der Waals surface area contributed by atoms with E-state index in [1.165, 1.54) is 4.31 Å². The van der Waals surface area contributed by atoms with Gasteiger partial charge in [0.1, 0.15) is 17.3 Å². The van der Waals surface area contributed by atoms with Gasteiger partial charge in [-0.25, -0.2) is 13.4 Å². The monoisotopic (exact) mass is 478 g/mol. The van der Waals surface area contributed by atoms with Crippen LogP contribution >= 0.6 is 0 Å². The smallest absolute Gasteiger partial charge is 0.243 e. The number of hydrogen-bond donors (Lipinski definition) is 1. The molecule has 1 N–H and O–H groups in total. The van der Waals surface area contributed by atoms with Crippen molar-refractivity contribution in [2.75, 3.05) is 45.3 Å². The van der Waals surface area contributed by atoms with E-state index < -0.39 is 10.0 Å². The van der Waals surface area contributed by atoms with Crippen LogP contribution in [0.4, 0.5) is 5.69 Å². The summed E-state index contributed by atoms with van der Waals surface area (Å²) in [6.07, 6.45) is 0. The molecular formula is C25H26N4O4S. The van der Waals surface area contributed by atoms with Crippen molar-refractivity contribution in [3.05, 3.63) is 66.7 Å². The van der Waals surface area contributed by atoms with Crippen LogP contribution in [-0.2, 0) is 10.0 Å². The first kappa shape index (κ1) is 22.2. The van der Waals surface area contributed by atoms with Crippen LogP contribution in [0.1, 0.15) is 0 Å². The van der Waals surface area contributed by atoms with Gasteiger partial charge < -0.3 is 19.4 Å². The minimum absolute atomic E-state index is 0.263. The molecule has 0 amide bonds. The Kier molecular flexibility index (Phi) is 5.89. The van der Waals surface area contributed by atoms with Gasteiger partial charge in [0.05, 0.1) is 35.8 Å². The maximum Gasteiger partial charge on any atom is 0.243 e. The Labute approximate surface area is 198 Å². The number of H-pyrrole nitrogens is 1. The summed E-state index contributed by atoms with van der Waals surface area (Å²) in [5, 5.41) is 0. The molecule has 5 rings (SSSR count). The third kappa shape index (κ3) is 4.08. The molecule has 0 aliphatic carbocycles. The van der Waals surface area contributed by atoms with Gasteiger partial charge in [0.15, 0.2) is 0 Å². The molecule has 0 spiro atoms. The largest absolute Gasteiger partial charge is 0.497 e. The van der Waals surface area contributed by atoms with Gasteiger partial charge in [0.2, 0.25) is 10.0 Å². The number of aromatic nitrogens is 2. The van der Waals surface area contributed by atoms with E-state index in [1.54, 1.807) is 32.4 Å². The van der Waals surface area contributed by atoms with E-state index in [0.717, 1.165) is 16.8 Å². The number of hydrogen-bond acceptors (Lipinski definition) is 6. The summed E-state index contributed by atoms with van der Waals surface area (Å²) in [5.74, 6) is 2.13. The van der Waals surface area contributed by atoms with E-state index in [2.05, 4.69) is 14.9 Å². The molecule has 34 heavy (non-hydrogen) atoms. The molecule has 2 heterocycles. The normalized spacial score (nSPS) is 14.9. The molecule has 0 radical (unpaired) electrons. The molecule has 0 unspecified atom stereocenters. The summed E-state index contributed by atoms with van der Waals surface area (Å²) < 4.78 is 39.1. The number of nitrogens with one attached hydrogen (secondary N) is 1. The van der Waals surface area contributed by atoms with Crippen molar-refractivity contribution in [1.82, 2.24) is 14.3 Å². The van der Waals surface area contributed by atoms with E-state index in [-0.39, 0.29) is 4.90 Å². The number of rotatable bonds is 6. The molecule has 1 saturated heterocycles. The Bertz CT molecular complexity index is 1410. The van der Waals surface area contributed by atoms with Gasteiger partial charge >= 0.3 is 0 Å². The maximum absolute atomic E-state index is 13.4. The van der Waals surface area contributed by atoms with Crippen molar-refractivity contribution < 1.29 is 17.9 Å². The highest BCUT2D eigenvalue weighted by molar-refractivity contribution is 7.89. The highest BCUT2D eigenvalue weighted by Gasteiger charge is 2.30. The fourth-order valence-corrected chi connectivity index (χ4v) is 5.70. The molecular weight excluding hydrogens is 452 g/mol. The van der Waals surface area contributed by atoms with E-state index in [0.29, 0.717) is 49.0 Å². The van der Waals surface area contributed by atoms with E-state index in [4.69, 9.17) is 9.47 Å². The highest BCUT2D eigenvalue weighted by atomic mass is 32.2. The van der Waals surface area contributed by atoms with Crippen LogP contribution in [0.3, 0.4) is 0 Å². The number of ether oxygens (including phenoxy) is 2. The second kappa shape index (κ2) is 9.00. The molecule has 8 nitrogen and oxygen atoms in total. The SMILES string of the molecule is COc1ccc(N2CCN(S(=O)(=O)c3ccc4nc(-c5ccccc5)[nH]c4c3)CC2)c(OC)c1. The Morgan fingerprint density at radius 1 is 0.882 bits per heavy atom. The van der Waals surface area contributed by atoms with Crippen molar-refractivity contribution >= 4 is 26.7 Å². The average Bonchev–Trinajstić information content (AvgIpc) is 3.32. The van der Waals surface area contributed by atoms with Crippen LogP contribution in [0.5, 0.6) is 11.5 Å². The Morgan fingerprint density at radius 2 is 1.65 bits per heavy atom. The van der Waals surface area contributed by atoms with Crippen LogP contribution in [-0.4, -0.2) is 63.1 Å². The minimum atomic E-state index is -3.63. The number of aromatic amines is 1. The lowest BCUT2D eigenvalue weighted by Crippen LogP contribution is -2.48. The lowest BCUT2D eigenvalue weighted by Gasteiger charge is -2.36. The lowest BCUT2D eigenvalue weighted by atomic mass is 10.2. The van der Waals surface area contributed by atoms with Crippen LogP contribution in [0.15, 0.2) is 71.6 Å². The fraction of sp³-hybridized carbons (Fsp3) is 0.240. The number of anilines is 1. The van der Waals surface area contributed by atoms with Crippen molar-refractivity contribution in [1.29, 1.82) is 0 Å². The molecule has 176 valence electrons. The van der Waals surface area contributed by atoms with Gasteiger partial charge in [-0.2, -0.15) is 4.31 Å². The second-order valence-electron chi connectivity index (χ2n) is 8.06. The Hall–Kier alpha value is -3.56. The first-order valence-electron chi connectivity index (χ1n) is 11.0. The van der Waals surface area contributed by atoms with Crippen molar-refractivity contribution in [3.8, 4) is 22.9 Å². The molecule has 1 aliphatic rings. The van der Waals surface area contributed by atoms with Crippen LogP contribution in [0.25, 0.3) is 22.4 Å². The topological polar surface area (TPSA) is 87.8 Å². The van der Waals surface area contributed by atoms with Crippen LogP contribution < -0.4 is 14.4 Å². The molecule has 3 aromatic carbocycles. The van der Waals surface area contributed by atoms with Gasteiger partial charge in [-0.15, -0.1) is 0 Å². The maximum atomic E-state index is 13.4. The highest BCUT2D eigenvalue weighted by Crippen LogP contribution is 2.33. The summed E-state index contributed by atoms with van der Waals surface area (Å²) >= 11 is 0. The zero-order chi connectivity index (χ0) is 23.7. The molecule has 1 aromatic heterocycles. The molecule has 0 saturated carbocycles. The number of piperazine rings is 1. The third-order valence-corrected chi connectivity index (χ3v) is 8.00. The first-order chi connectivity index (χ1) is 16.5. The zero-order valence-corrected chi connectivity index (χ0v) is 19.9. The quantitative estimate of drug-likeness (QED) is 0.454. The summed E-state index contributed by atoms with van der Waals surface area (Å²) in [6, 6.07) is 20.5. The van der Waals surface area contributed by atoms with E-state index >= 15 is 0 Å². The molecule has 1 aliphatic heterocycles. The summed E-state index contributed by atoms with van der Waals surface area (Å²) in [7, 11) is -0.402. The number of benzene rings is 3. The Morgan fingerprint density at radius 3 is 2.35 bits per heavy atom. The summed E-state index contributed by atoms with van der Waals surface area (Å²) in [5.41, 5.74) is 3.30. The number of fused-ring (bicyclic) bond motifs is 1. The molecule has 0 bridgehead atoms. The Balaban J connectivity index is 1.35. The minimum Gasteiger partial charge on any atom is -0.497 e. The molecule has 0 atom stereocenters. The van der Waals surface area contributed by atoms with Gasteiger partial charge in [0.25, 0.3) is 0 Å². The van der Waals surface area contributed by atoms with E-state index in [9.17, 15) is 8.42 Å². The number of methoxy groups -OCH3 is 2. The molecule has 4 aromatic rings. The predicted molar refractivity (Wildman–Crippen MR) is 132 cm³/mol.